The number of aliphatic carboxylic acids is 1. The molecular formula is C56H98N10O14Si2. The Kier molecular flexibility index (Phi) is 25.6. The van der Waals surface area contributed by atoms with Gasteiger partial charge < -0.3 is 71.3 Å². The van der Waals surface area contributed by atoms with Crippen LogP contribution in [0.15, 0.2) is 51.1 Å². The molecule has 2 heterocycles. The lowest BCUT2D eigenvalue weighted by molar-refractivity contribution is -0.166. The van der Waals surface area contributed by atoms with Gasteiger partial charge in [-0.2, -0.15) is 0 Å². The van der Waals surface area contributed by atoms with Crippen molar-refractivity contribution in [3.8, 4) is 5.75 Å². The highest BCUT2D eigenvalue weighted by Crippen LogP contribution is 2.46. The van der Waals surface area contributed by atoms with Crippen molar-refractivity contribution in [3.63, 3.8) is 0 Å². The van der Waals surface area contributed by atoms with Gasteiger partial charge in [0.05, 0.1) is 13.7 Å². The van der Waals surface area contributed by atoms with Gasteiger partial charge in [-0.05, 0) is 119 Å². The van der Waals surface area contributed by atoms with Gasteiger partial charge in [-0.15, -0.1) is 0 Å². The minimum Gasteiger partial charge on any atom is -0.497 e. The number of nitrogens with two attached hydrogens (primary N) is 2. The van der Waals surface area contributed by atoms with E-state index < -0.39 is 124 Å². The van der Waals surface area contributed by atoms with E-state index >= 15 is 0 Å². The number of carbonyl (C=O) groups is 5. The van der Waals surface area contributed by atoms with Crippen molar-refractivity contribution < 1.29 is 57.2 Å². The number of ether oxygens (including phenoxy) is 3. The standard InChI is InChI=1S/C56H98N10O14Si2/c1-33(2)31-38(62-47(70)37(21-19-27-61-51(57)58)63-52(74)64-40(34(3)4)49(71)72)46(69)60-29-20-28-59-41(50(73)78-54(5,6)7)42(68)43-44(79-81(15,16)55(8,9)10)45(80-82(17,18)56(11,12)13)48(77-43)65-30-26-39(67)66(53(65)75)32-35-22-24-36(76-14)25-23-35/h22-26,30,33-34,37-38,40-45,48,59,68H,19-21,27-29,31-32H2,1-18H3,(H,60,69)(H,62,70)(H,71,72)(H4,57,58,61)(H2,63,64,74)/t37-,38+,40-,41-,42+,43?,44+,45+,48+/m0/s1. The minimum atomic E-state index is -2.83. The van der Waals surface area contributed by atoms with Crippen LogP contribution in [-0.4, -0.2) is 153 Å². The summed E-state index contributed by atoms with van der Waals surface area (Å²) in [5, 5.41) is 35.5. The summed E-state index contributed by atoms with van der Waals surface area (Å²) >= 11 is 0. The van der Waals surface area contributed by atoms with Gasteiger partial charge >= 0.3 is 23.7 Å². The summed E-state index contributed by atoms with van der Waals surface area (Å²) in [5.41, 5.74) is 9.36. The number of hydrogen-bond donors (Lipinski definition) is 9. The molecule has 1 fully saturated rings. The van der Waals surface area contributed by atoms with Crippen molar-refractivity contribution in [2.75, 3.05) is 26.7 Å². The second-order valence-corrected chi connectivity index (χ2v) is 35.4. The molecule has 26 heteroatoms. The molecule has 0 saturated carbocycles. The Morgan fingerprint density at radius 2 is 1.37 bits per heavy atom. The van der Waals surface area contributed by atoms with E-state index in [1.807, 2.05) is 26.9 Å². The molecule has 0 bridgehead atoms. The lowest BCUT2D eigenvalue weighted by Gasteiger charge is -2.44. The van der Waals surface area contributed by atoms with Crippen molar-refractivity contribution in [2.24, 2.45) is 28.3 Å². The van der Waals surface area contributed by atoms with Crippen molar-refractivity contribution in [2.45, 2.75) is 219 Å². The Hall–Kier alpha value is -5.65. The number of guanidine groups is 1. The maximum atomic E-state index is 14.7. The van der Waals surface area contributed by atoms with Crippen molar-refractivity contribution in [1.82, 2.24) is 35.7 Å². The molecule has 1 aliphatic heterocycles. The second-order valence-electron chi connectivity index (χ2n) is 25.9. The number of benzene rings is 1. The smallest absolute Gasteiger partial charge is 0.333 e. The first kappa shape index (κ1) is 70.6. The molecule has 9 atom stereocenters. The van der Waals surface area contributed by atoms with E-state index in [1.165, 1.54) is 23.9 Å². The molecule has 464 valence electrons. The zero-order chi connectivity index (χ0) is 62.5. The lowest BCUT2D eigenvalue weighted by Crippen LogP contribution is -2.59. The molecule has 4 amide bonds. The van der Waals surface area contributed by atoms with Gasteiger partial charge in [-0.3, -0.25) is 33.3 Å². The molecule has 0 aliphatic carbocycles. The Balaban J connectivity index is 2.03. The topological polar surface area (TPSA) is 341 Å². The Morgan fingerprint density at radius 3 is 1.88 bits per heavy atom. The van der Waals surface area contributed by atoms with E-state index in [1.54, 1.807) is 58.9 Å². The van der Waals surface area contributed by atoms with Crippen LogP contribution >= 0.6 is 0 Å². The van der Waals surface area contributed by atoms with Gasteiger partial charge in [0.2, 0.25) is 11.8 Å². The normalized spacial score (nSPS) is 18.9. The number of aliphatic hydroxyl groups is 1. The Bertz CT molecular complexity index is 2600. The van der Waals surface area contributed by atoms with Crippen LogP contribution in [0.1, 0.15) is 127 Å². The number of amides is 4. The average Bonchev–Trinajstić information content (AvgIpc) is 3.69. The highest BCUT2D eigenvalue weighted by Gasteiger charge is 2.58. The fraction of sp³-hybridized carbons (Fsp3) is 0.714. The number of aliphatic hydroxyl groups excluding tert-OH is 1. The fourth-order valence-corrected chi connectivity index (χ4v) is 11.0. The quantitative estimate of drug-likeness (QED) is 0.0180. The summed E-state index contributed by atoms with van der Waals surface area (Å²) in [6.45, 7) is 32.8. The fourth-order valence-electron chi connectivity index (χ4n) is 8.42. The van der Waals surface area contributed by atoms with E-state index in [2.05, 4.69) is 86.2 Å². The Morgan fingerprint density at radius 1 is 0.780 bits per heavy atom. The molecule has 1 saturated heterocycles. The zero-order valence-electron chi connectivity index (χ0n) is 51.8. The van der Waals surface area contributed by atoms with Crippen LogP contribution in [0, 0.1) is 11.8 Å². The maximum Gasteiger partial charge on any atom is 0.333 e. The van der Waals surface area contributed by atoms with Crippen molar-refractivity contribution in [3.05, 3.63) is 62.9 Å². The highest BCUT2D eigenvalue weighted by atomic mass is 28.4. The number of carboxylic acid groups (broad SMARTS) is 1. The molecule has 82 heavy (non-hydrogen) atoms. The molecule has 3 rings (SSSR count). The zero-order valence-corrected chi connectivity index (χ0v) is 53.8. The average molecular weight is 1190 g/mol. The number of rotatable bonds is 29. The van der Waals surface area contributed by atoms with Crippen LogP contribution in [-0.2, 0) is 44.0 Å². The number of esters is 1. The SMILES string of the molecule is COc1ccc(Cn2c(=O)ccn([C@@H]3OC([C@H](O)[C@H](NCCCNC(=O)[C@@H](CC(C)C)NC(=O)[C@H](CCCN=C(N)N)NC(=O)N[C@H](C(=O)O)C(C)C)C(=O)OC(C)(C)C)[C@@H](O[Si](C)(C)C(C)(C)C)[C@H]3O[Si](C)(C)C(C)(C)C)c2=O)cc1. The monoisotopic (exact) mass is 1190 g/mol. The molecule has 1 unspecified atom stereocenters. The number of methoxy groups -OCH3 is 1. The number of hydrogen-bond acceptors (Lipinski definition) is 15. The van der Waals surface area contributed by atoms with Crippen LogP contribution in [0.3, 0.4) is 0 Å². The van der Waals surface area contributed by atoms with Gasteiger partial charge in [-0.1, -0.05) is 81.4 Å². The number of nitrogens with zero attached hydrogens (tertiary/aromatic N) is 3. The number of carboxylic acids is 1. The first-order valence-electron chi connectivity index (χ1n) is 28.3. The first-order chi connectivity index (χ1) is 37.7. The Labute approximate surface area is 486 Å². The first-order valence-corrected chi connectivity index (χ1v) is 34.1. The van der Waals surface area contributed by atoms with E-state index in [0.29, 0.717) is 11.3 Å². The van der Waals surface area contributed by atoms with E-state index in [-0.39, 0.29) is 73.8 Å². The van der Waals surface area contributed by atoms with Crippen molar-refractivity contribution in [1.29, 1.82) is 0 Å². The number of carbonyl (C=O) groups excluding carboxylic acids is 4. The van der Waals surface area contributed by atoms with Gasteiger partial charge in [0.25, 0.3) is 5.56 Å². The predicted molar refractivity (Wildman–Crippen MR) is 319 cm³/mol. The summed E-state index contributed by atoms with van der Waals surface area (Å²) in [4.78, 5) is 99.3. The molecule has 1 aliphatic rings. The molecule has 0 spiro atoms. The molecule has 1 aromatic carbocycles. The van der Waals surface area contributed by atoms with Crippen molar-refractivity contribution >= 4 is 52.4 Å². The maximum absolute atomic E-state index is 14.7. The van der Waals surface area contributed by atoms with E-state index in [0.717, 1.165) is 4.57 Å². The third-order valence-electron chi connectivity index (χ3n) is 15.1. The summed E-state index contributed by atoms with van der Waals surface area (Å²) in [6.07, 6.45) is -4.37. The number of aromatic nitrogens is 2. The summed E-state index contributed by atoms with van der Waals surface area (Å²) in [5.74, 6) is -3.40. The summed E-state index contributed by atoms with van der Waals surface area (Å²) in [6, 6.07) is 2.37. The molecule has 24 nitrogen and oxygen atoms in total. The molecule has 0 radical (unpaired) electrons. The largest absolute Gasteiger partial charge is 0.497 e. The van der Waals surface area contributed by atoms with Crippen LogP contribution in [0.2, 0.25) is 36.3 Å². The van der Waals surface area contributed by atoms with Crippen LogP contribution in [0.5, 0.6) is 5.75 Å². The molecular weight excluding hydrogens is 1090 g/mol. The third-order valence-corrected chi connectivity index (χ3v) is 24.0. The molecule has 11 N–H and O–H groups in total. The van der Waals surface area contributed by atoms with Crippen LogP contribution in [0.4, 0.5) is 4.79 Å². The third kappa shape index (κ3) is 20.6. The van der Waals surface area contributed by atoms with Crippen LogP contribution < -0.4 is 54.0 Å². The van der Waals surface area contributed by atoms with Gasteiger partial charge in [-0.25, -0.2) is 14.4 Å². The predicted octanol–water partition coefficient (Wildman–Crippen LogP) is 4.27. The number of aliphatic imine (C=N–C) groups is 1. The lowest BCUT2D eigenvalue weighted by atomic mass is 9.99. The van der Waals surface area contributed by atoms with Crippen LogP contribution in [0.25, 0.3) is 0 Å². The van der Waals surface area contributed by atoms with Gasteiger partial charge in [0.15, 0.2) is 28.8 Å². The summed E-state index contributed by atoms with van der Waals surface area (Å²) < 4.78 is 35.0. The van der Waals surface area contributed by atoms with E-state index in [4.69, 9.17) is 34.5 Å². The van der Waals surface area contributed by atoms with E-state index in [9.17, 15) is 43.8 Å². The number of urea groups is 1. The number of nitrogens with one attached hydrogen (secondary N) is 5. The minimum absolute atomic E-state index is 0.0383. The second kappa shape index (κ2) is 29.7. The highest BCUT2D eigenvalue weighted by molar-refractivity contribution is 6.74. The van der Waals surface area contributed by atoms with Gasteiger partial charge in [0, 0.05) is 25.4 Å². The molecule has 2 aromatic rings. The molecule has 1 aromatic heterocycles. The van der Waals surface area contributed by atoms with Gasteiger partial charge in [0.1, 0.15) is 59.9 Å². The summed E-state index contributed by atoms with van der Waals surface area (Å²) in [7, 11) is -4.09.